The standard InChI is InChI=1S/C13H21N3O/c1-13(2,3)11(14)12(17)16(4)9-10-6-5-7-15-8-10/h5-8,11H,9,14H2,1-4H3/t11-/m1/s1. The highest BCUT2D eigenvalue weighted by Crippen LogP contribution is 2.19. The first kappa shape index (κ1) is 13.6. The molecule has 1 heterocycles. The molecule has 94 valence electrons. The first-order chi connectivity index (χ1) is 7.82. The molecule has 1 rings (SSSR count). The molecule has 2 N–H and O–H groups in total. The third-order valence-corrected chi connectivity index (χ3v) is 2.72. The van der Waals surface area contributed by atoms with Gasteiger partial charge in [-0.05, 0) is 17.0 Å². The zero-order valence-electron chi connectivity index (χ0n) is 11.0. The van der Waals surface area contributed by atoms with E-state index in [1.54, 1.807) is 24.3 Å². The average Bonchev–Trinajstić information content (AvgIpc) is 2.27. The summed E-state index contributed by atoms with van der Waals surface area (Å²) < 4.78 is 0. The summed E-state index contributed by atoms with van der Waals surface area (Å²) in [4.78, 5) is 17.7. The van der Waals surface area contributed by atoms with E-state index in [1.807, 2.05) is 32.9 Å². The van der Waals surface area contributed by atoms with Gasteiger partial charge in [-0.3, -0.25) is 9.78 Å². The van der Waals surface area contributed by atoms with Gasteiger partial charge in [-0.15, -0.1) is 0 Å². The Labute approximate surface area is 103 Å². The summed E-state index contributed by atoms with van der Waals surface area (Å²) in [5, 5.41) is 0. The number of likely N-dealkylation sites (N-methyl/N-ethyl adjacent to an activating group) is 1. The van der Waals surface area contributed by atoms with E-state index in [4.69, 9.17) is 5.73 Å². The Hall–Kier alpha value is -1.42. The van der Waals surface area contributed by atoms with Gasteiger partial charge in [-0.2, -0.15) is 0 Å². The van der Waals surface area contributed by atoms with Crippen molar-refractivity contribution < 1.29 is 4.79 Å². The SMILES string of the molecule is CN(Cc1cccnc1)C(=O)[C@@H](N)C(C)(C)C. The highest BCUT2D eigenvalue weighted by molar-refractivity contribution is 5.82. The van der Waals surface area contributed by atoms with Crippen molar-refractivity contribution in [3.8, 4) is 0 Å². The minimum Gasteiger partial charge on any atom is -0.340 e. The van der Waals surface area contributed by atoms with E-state index in [0.717, 1.165) is 5.56 Å². The van der Waals surface area contributed by atoms with Crippen molar-refractivity contribution in [3.63, 3.8) is 0 Å². The van der Waals surface area contributed by atoms with E-state index >= 15 is 0 Å². The number of amides is 1. The summed E-state index contributed by atoms with van der Waals surface area (Å²) in [6, 6.07) is 3.32. The number of rotatable bonds is 3. The zero-order chi connectivity index (χ0) is 13.1. The number of pyridine rings is 1. The van der Waals surface area contributed by atoms with Crippen LogP contribution >= 0.6 is 0 Å². The smallest absolute Gasteiger partial charge is 0.240 e. The summed E-state index contributed by atoms with van der Waals surface area (Å²) in [5.74, 6) is -0.0404. The number of nitrogens with zero attached hydrogens (tertiary/aromatic N) is 2. The monoisotopic (exact) mass is 235 g/mol. The van der Waals surface area contributed by atoms with Crippen LogP contribution in [-0.4, -0.2) is 28.9 Å². The fourth-order valence-corrected chi connectivity index (χ4v) is 1.45. The third kappa shape index (κ3) is 3.82. The Balaban J connectivity index is 2.65. The lowest BCUT2D eigenvalue weighted by atomic mass is 9.86. The molecular weight excluding hydrogens is 214 g/mol. The molecule has 0 bridgehead atoms. The van der Waals surface area contributed by atoms with Gasteiger partial charge in [0.2, 0.25) is 5.91 Å². The van der Waals surface area contributed by atoms with Crippen molar-refractivity contribution in [3.05, 3.63) is 30.1 Å². The highest BCUT2D eigenvalue weighted by Gasteiger charge is 2.29. The Bertz CT molecular complexity index is 370. The zero-order valence-corrected chi connectivity index (χ0v) is 11.0. The molecule has 17 heavy (non-hydrogen) atoms. The second kappa shape index (κ2) is 5.27. The highest BCUT2D eigenvalue weighted by atomic mass is 16.2. The van der Waals surface area contributed by atoms with Crippen LogP contribution in [0, 0.1) is 5.41 Å². The summed E-state index contributed by atoms with van der Waals surface area (Å²) in [5.41, 5.74) is 6.72. The van der Waals surface area contributed by atoms with Crippen LogP contribution in [0.1, 0.15) is 26.3 Å². The maximum Gasteiger partial charge on any atom is 0.240 e. The van der Waals surface area contributed by atoms with Crippen molar-refractivity contribution in [1.29, 1.82) is 0 Å². The minimum atomic E-state index is -0.482. The molecule has 0 radical (unpaired) electrons. The number of carbonyl (C=O) groups excluding carboxylic acids is 1. The van der Waals surface area contributed by atoms with Crippen LogP contribution < -0.4 is 5.73 Å². The molecule has 0 aliphatic rings. The Kier molecular flexibility index (Phi) is 4.23. The van der Waals surface area contributed by atoms with Crippen molar-refractivity contribution in [2.75, 3.05) is 7.05 Å². The summed E-state index contributed by atoms with van der Waals surface area (Å²) in [7, 11) is 1.76. The minimum absolute atomic E-state index is 0.0404. The molecule has 1 amide bonds. The third-order valence-electron chi connectivity index (χ3n) is 2.72. The van der Waals surface area contributed by atoms with Crippen molar-refractivity contribution >= 4 is 5.91 Å². The average molecular weight is 235 g/mol. The van der Waals surface area contributed by atoms with Gasteiger partial charge >= 0.3 is 0 Å². The molecule has 0 saturated carbocycles. The van der Waals surface area contributed by atoms with Crippen LogP contribution in [0.4, 0.5) is 0 Å². The van der Waals surface area contributed by atoms with Gasteiger partial charge in [-0.25, -0.2) is 0 Å². The molecule has 0 saturated heterocycles. The summed E-state index contributed by atoms with van der Waals surface area (Å²) in [6.45, 7) is 6.44. The second-order valence-corrected chi connectivity index (χ2v) is 5.40. The quantitative estimate of drug-likeness (QED) is 0.861. The Morgan fingerprint density at radius 3 is 2.65 bits per heavy atom. The first-order valence-electron chi connectivity index (χ1n) is 5.72. The Morgan fingerprint density at radius 2 is 2.18 bits per heavy atom. The molecule has 0 spiro atoms. The van der Waals surface area contributed by atoms with Crippen LogP contribution in [0.5, 0.6) is 0 Å². The van der Waals surface area contributed by atoms with Crippen molar-refractivity contribution in [2.24, 2.45) is 11.1 Å². The van der Waals surface area contributed by atoms with Gasteiger partial charge in [0.1, 0.15) is 0 Å². The largest absolute Gasteiger partial charge is 0.340 e. The maximum atomic E-state index is 12.1. The first-order valence-corrected chi connectivity index (χ1v) is 5.72. The van der Waals surface area contributed by atoms with Crippen LogP contribution in [0.3, 0.4) is 0 Å². The van der Waals surface area contributed by atoms with Gasteiger partial charge < -0.3 is 10.6 Å². The van der Waals surface area contributed by atoms with E-state index < -0.39 is 6.04 Å². The Morgan fingerprint density at radius 1 is 1.53 bits per heavy atom. The topological polar surface area (TPSA) is 59.2 Å². The fourth-order valence-electron chi connectivity index (χ4n) is 1.45. The van der Waals surface area contributed by atoms with Gasteiger partial charge in [0, 0.05) is 26.0 Å². The van der Waals surface area contributed by atoms with Crippen LogP contribution in [0.15, 0.2) is 24.5 Å². The second-order valence-electron chi connectivity index (χ2n) is 5.40. The lowest BCUT2D eigenvalue weighted by molar-refractivity contribution is -0.134. The van der Waals surface area contributed by atoms with Gasteiger partial charge in [0.25, 0.3) is 0 Å². The van der Waals surface area contributed by atoms with Gasteiger partial charge in [0.15, 0.2) is 0 Å². The van der Waals surface area contributed by atoms with Crippen LogP contribution in [0.2, 0.25) is 0 Å². The van der Waals surface area contributed by atoms with Crippen LogP contribution in [0.25, 0.3) is 0 Å². The molecule has 1 atom stereocenters. The van der Waals surface area contributed by atoms with E-state index in [1.165, 1.54) is 0 Å². The molecule has 0 fully saturated rings. The molecule has 4 nitrogen and oxygen atoms in total. The molecule has 0 unspecified atom stereocenters. The van der Waals surface area contributed by atoms with E-state index in [9.17, 15) is 4.79 Å². The maximum absolute atomic E-state index is 12.1. The van der Waals surface area contributed by atoms with E-state index in [0.29, 0.717) is 6.54 Å². The van der Waals surface area contributed by atoms with Crippen molar-refractivity contribution in [2.45, 2.75) is 33.4 Å². The number of nitrogens with two attached hydrogens (primary N) is 1. The molecule has 0 aromatic carbocycles. The normalized spacial score (nSPS) is 13.2. The van der Waals surface area contributed by atoms with Crippen molar-refractivity contribution in [1.82, 2.24) is 9.88 Å². The predicted octanol–water partition coefficient (Wildman–Crippen LogP) is 1.41. The number of aromatic nitrogens is 1. The molecule has 1 aromatic heterocycles. The van der Waals surface area contributed by atoms with Gasteiger partial charge in [0.05, 0.1) is 6.04 Å². The van der Waals surface area contributed by atoms with E-state index in [-0.39, 0.29) is 11.3 Å². The van der Waals surface area contributed by atoms with E-state index in [2.05, 4.69) is 4.98 Å². The number of hydrogen-bond donors (Lipinski definition) is 1. The summed E-state index contributed by atoms with van der Waals surface area (Å²) in [6.07, 6.45) is 3.47. The number of carbonyl (C=O) groups is 1. The summed E-state index contributed by atoms with van der Waals surface area (Å²) >= 11 is 0. The predicted molar refractivity (Wildman–Crippen MR) is 68.1 cm³/mol. The lowest BCUT2D eigenvalue weighted by Gasteiger charge is -2.30. The van der Waals surface area contributed by atoms with Crippen LogP contribution in [-0.2, 0) is 11.3 Å². The molecule has 4 heteroatoms. The molecule has 0 aliphatic heterocycles. The lowest BCUT2D eigenvalue weighted by Crippen LogP contribution is -2.48. The molecular formula is C13H21N3O. The van der Waals surface area contributed by atoms with Gasteiger partial charge in [-0.1, -0.05) is 26.8 Å². The fraction of sp³-hybridized carbons (Fsp3) is 0.538. The number of hydrogen-bond acceptors (Lipinski definition) is 3. The molecule has 0 aliphatic carbocycles. The molecule has 1 aromatic rings.